The average molecular weight is 264 g/mol. The number of hydrogen-bond acceptors (Lipinski definition) is 3. The van der Waals surface area contributed by atoms with E-state index in [2.05, 4.69) is 31.0 Å². The van der Waals surface area contributed by atoms with E-state index in [-0.39, 0.29) is 5.54 Å². The molecule has 5 heteroatoms. The topological polar surface area (TPSA) is 24.5 Å². The van der Waals surface area contributed by atoms with Crippen LogP contribution in [-0.4, -0.2) is 55.8 Å². The summed E-state index contributed by atoms with van der Waals surface area (Å²) in [5, 5.41) is 3.58. The molecule has 3 nitrogen and oxygen atoms in total. The number of hydrogen-bond donors (Lipinski definition) is 1. The van der Waals surface area contributed by atoms with Crippen molar-refractivity contribution in [2.45, 2.75) is 51.6 Å². The van der Waals surface area contributed by atoms with Gasteiger partial charge in [0.2, 0.25) is 0 Å². The van der Waals surface area contributed by atoms with Crippen LogP contribution in [0.3, 0.4) is 0 Å². The Labute approximate surface area is 109 Å². The summed E-state index contributed by atoms with van der Waals surface area (Å²) in [5.74, 6) is 0. The van der Waals surface area contributed by atoms with Crippen molar-refractivity contribution < 1.29 is 13.5 Å². The van der Waals surface area contributed by atoms with Crippen LogP contribution in [0.5, 0.6) is 0 Å². The quantitative estimate of drug-likeness (QED) is 0.713. The van der Waals surface area contributed by atoms with Crippen LogP contribution in [0.1, 0.15) is 33.6 Å². The Morgan fingerprint density at radius 1 is 1.44 bits per heavy atom. The third-order valence-electron chi connectivity index (χ3n) is 3.85. The van der Waals surface area contributed by atoms with Crippen LogP contribution in [0, 0.1) is 0 Å². The summed E-state index contributed by atoms with van der Waals surface area (Å²) < 4.78 is 28.9. The zero-order valence-electron chi connectivity index (χ0n) is 11.7. The molecule has 1 aliphatic heterocycles. The van der Waals surface area contributed by atoms with Crippen molar-refractivity contribution in [2.24, 2.45) is 0 Å². The van der Waals surface area contributed by atoms with Crippen molar-refractivity contribution in [1.29, 1.82) is 0 Å². The fourth-order valence-corrected chi connectivity index (χ4v) is 2.38. The van der Waals surface area contributed by atoms with E-state index in [0.29, 0.717) is 12.6 Å². The van der Waals surface area contributed by atoms with Gasteiger partial charge in [0.05, 0.1) is 6.61 Å². The van der Waals surface area contributed by atoms with Crippen molar-refractivity contribution in [2.75, 3.05) is 32.8 Å². The van der Waals surface area contributed by atoms with Gasteiger partial charge in [-0.25, -0.2) is 8.78 Å². The summed E-state index contributed by atoms with van der Waals surface area (Å²) >= 11 is 0. The largest absolute Gasteiger partial charge is 0.374 e. The minimum Gasteiger partial charge on any atom is -0.374 e. The molecule has 1 saturated heterocycles. The molecule has 18 heavy (non-hydrogen) atoms. The fraction of sp³-hybridized carbons (Fsp3) is 1.00. The zero-order chi connectivity index (χ0) is 13.6. The highest BCUT2D eigenvalue weighted by Gasteiger charge is 2.33. The third-order valence-corrected chi connectivity index (χ3v) is 3.85. The lowest BCUT2D eigenvalue weighted by molar-refractivity contribution is -0.00436. The molecule has 2 unspecified atom stereocenters. The first-order valence-electron chi connectivity index (χ1n) is 6.85. The van der Waals surface area contributed by atoms with Crippen LogP contribution in [-0.2, 0) is 4.74 Å². The standard InChI is InChI=1S/C13H26F2N2O/c1-4-11-8-16-13(3,5-2)10-17(11)6-7-18-9-12(14)15/h11-12,16H,4-10H2,1-3H3. The van der Waals surface area contributed by atoms with E-state index >= 15 is 0 Å². The molecule has 0 spiro atoms. The van der Waals surface area contributed by atoms with Gasteiger partial charge in [0.15, 0.2) is 0 Å². The van der Waals surface area contributed by atoms with Crippen LogP contribution < -0.4 is 5.32 Å². The smallest absolute Gasteiger partial charge is 0.261 e. The molecule has 0 aromatic rings. The summed E-state index contributed by atoms with van der Waals surface area (Å²) in [5.41, 5.74) is 0.133. The zero-order valence-corrected chi connectivity index (χ0v) is 11.7. The minimum atomic E-state index is -2.36. The van der Waals surface area contributed by atoms with Gasteiger partial charge in [0.1, 0.15) is 6.61 Å². The van der Waals surface area contributed by atoms with Gasteiger partial charge in [-0.05, 0) is 19.8 Å². The highest BCUT2D eigenvalue weighted by atomic mass is 19.3. The van der Waals surface area contributed by atoms with Crippen LogP contribution in [0.15, 0.2) is 0 Å². The molecule has 0 aliphatic carbocycles. The maximum atomic E-state index is 12.0. The molecule has 0 amide bonds. The number of rotatable bonds is 7. The Bertz CT molecular complexity index is 241. The fourth-order valence-electron chi connectivity index (χ4n) is 2.38. The van der Waals surface area contributed by atoms with Crippen LogP contribution >= 0.6 is 0 Å². The summed E-state index contributed by atoms with van der Waals surface area (Å²) in [6.07, 6.45) is -0.227. The van der Waals surface area contributed by atoms with Gasteiger partial charge >= 0.3 is 0 Å². The molecule has 0 saturated carbocycles. The first-order valence-corrected chi connectivity index (χ1v) is 6.85. The monoisotopic (exact) mass is 264 g/mol. The second-order valence-electron chi connectivity index (χ2n) is 5.29. The molecule has 1 N–H and O–H groups in total. The van der Waals surface area contributed by atoms with E-state index in [1.54, 1.807) is 0 Å². The second-order valence-corrected chi connectivity index (χ2v) is 5.29. The van der Waals surface area contributed by atoms with E-state index in [4.69, 9.17) is 4.74 Å². The number of alkyl halides is 2. The molecule has 1 aliphatic rings. The molecule has 2 atom stereocenters. The molecular formula is C13H26F2N2O. The Morgan fingerprint density at radius 2 is 2.17 bits per heavy atom. The van der Waals surface area contributed by atoms with Gasteiger partial charge < -0.3 is 10.1 Å². The molecule has 1 fully saturated rings. The van der Waals surface area contributed by atoms with Crippen molar-refractivity contribution >= 4 is 0 Å². The minimum absolute atomic E-state index is 0.133. The molecule has 1 heterocycles. The highest BCUT2D eigenvalue weighted by molar-refractivity contribution is 4.93. The first kappa shape index (κ1) is 15.8. The van der Waals surface area contributed by atoms with Crippen LogP contribution in [0.2, 0.25) is 0 Å². The van der Waals surface area contributed by atoms with E-state index in [9.17, 15) is 8.78 Å². The number of nitrogens with zero attached hydrogens (tertiary/aromatic N) is 1. The van der Waals surface area contributed by atoms with Crippen molar-refractivity contribution in [3.05, 3.63) is 0 Å². The average Bonchev–Trinajstić information content (AvgIpc) is 2.35. The Balaban J connectivity index is 2.38. The van der Waals surface area contributed by atoms with Gasteiger partial charge in [0.25, 0.3) is 6.43 Å². The summed E-state index contributed by atoms with van der Waals surface area (Å²) in [4.78, 5) is 2.37. The van der Waals surface area contributed by atoms with E-state index in [1.165, 1.54) is 0 Å². The van der Waals surface area contributed by atoms with Crippen molar-refractivity contribution in [1.82, 2.24) is 10.2 Å². The number of piperazine rings is 1. The SMILES string of the molecule is CCC1CNC(C)(CC)CN1CCOCC(F)F. The summed E-state index contributed by atoms with van der Waals surface area (Å²) in [6, 6.07) is 0.486. The van der Waals surface area contributed by atoms with E-state index in [0.717, 1.165) is 32.5 Å². The Morgan fingerprint density at radius 3 is 2.72 bits per heavy atom. The highest BCUT2D eigenvalue weighted by Crippen LogP contribution is 2.19. The number of nitrogens with one attached hydrogen (secondary N) is 1. The normalized spacial score (nSPS) is 30.0. The number of halogens is 2. The van der Waals surface area contributed by atoms with Gasteiger partial charge in [-0.15, -0.1) is 0 Å². The predicted octanol–water partition coefficient (Wildman–Crippen LogP) is 2.12. The summed E-state index contributed by atoms with van der Waals surface area (Å²) in [6.45, 7) is 9.15. The molecule has 108 valence electrons. The van der Waals surface area contributed by atoms with Crippen LogP contribution in [0.25, 0.3) is 0 Å². The lowest BCUT2D eigenvalue weighted by atomic mass is 9.93. The second kappa shape index (κ2) is 7.36. The van der Waals surface area contributed by atoms with Crippen molar-refractivity contribution in [3.8, 4) is 0 Å². The first-order chi connectivity index (χ1) is 8.50. The lowest BCUT2D eigenvalue weighted by Gasteiger charge is -2.46. The lowest BCUT2D eigenvalue weighted by Crippen LogP contribution is -2.62. The predicted molar refractivity (Wildman–Crippen MR) is 69.2 cm³/mol. The van der Waals surface area contributed by atoms with Gasteiger partial charge in [-0.1, -0.05) is 13.8 Å². The van der Waals surface area contributed by atoms with Crippen LogP contribution in [0.4, 0.5) is 8.78 Å². The number of ether oxygens (including phenoxy) is 1. The molecule has 0 aromatic heterocycles. The molecule has 1 rings (SSSR count). The molecule has 0 aromatic carbocycles. The van der Waals surface area contributed by atoms with Crippen molar-refractivity contribution in [3.63, 3.8) is 0 Å². The third kappa shape index (κ3) is 4.78. The maximum Gasteiger partial charge on any atom is 0.261 e. The molecule has 0 radical (unpaired) electrons. The Kier molecular flexibility index (Phi) is 6.46. The Hall–Kier alpha value is -0.260. The molecule has 0 bridgehead atoms. The van der Waals surface area contributed by atoms with Gasteiger partial charge in [0, 0.05) is 31.2 Å². The van der Waals surface area contributed by atoms with E-state index < -0.39 is 13.0 Å². The molecular weight excluding hydrogens is 238 g/mol. The van der Waals surface area contributed by atoms with E-state index in [1.807, 2.05) is 0 Å². The summed E-state index contributed by atoms with van der Waals surface area (Å²) in [7, 11) is 0. The van der Waals surface area contributed by atoms with Gasteiger partial charge in [-0.3, -0.25) is 4.90 Å². The maximum absolute atomic E-state index is 12.0. The van der Waals surface area contributed by atoms with Gasteiger partial charge in [-0.2, -0.15) is 0 Å².